The molecule has 1 aromatic heterocycles. The van der Waals surface area contributed by atoms with Crippen LogP contribution in [0.4, 0.5) is 8.78 Å². The van der Waals surface area contributed by atoms with Gasteiger partial charge in [0.25, 0.3) is 0 Å². The quantitative estimate of drug-likeness (QED) is 0.643. The SMILES string of the molecule is CCCc1cc(OCc2cc(F)ccc2F)n(C(CO)C2CCCCC2)n1.Cl. The third-order valence-corrected chi connectivity index (χ3v) is 5.34. The first-order valence-electron chi connectivity index (χ1n) is 9.88. The van der Waals surface area contributed by atoms with E-state index in [9.17, 15) is 13.9 Å². The van der Waals surface area contributed by atoms with Crippen LogP contribution in [0.25, 0.3) is 0 Å². The lowest BCUT2D eigenvalue weighted by Crippen LogP contribution is -2.26. The van der Waals surface area contributed by atoms with Crippen LogP contribution >= 0.6 is 12.4 Å². The molecule has 1 heterocycles. The summed E-state index contributed by atoms with van der Waals surface area (Å²) in [4.78, 5) is 0. The molecule has 1 atom stereocenters. The normalized spacial score (nSPS) is 15.9. The zero-order chi connectivity index (χ0) is 19.2. The van der Waals surface area contributed by atoms with E-state index in [4.69, 9.17) is 4.74 Å². The van der Waals surface area contributed by atoms with E-state index in [-0.39, 0.29) is 37.2 Å². The Hall–Kier alpha value is -1.66. The Balaban J connectivity index is 0.00000280. The van der Waals surface area contributed by atoms with Crippen molar-refractivity contribution < 1.29 is 18.6 Å². The van der Waals surface area contributed by atoms with Gasteiger partial charge in [0, 0.05) is 11.6 Å². The summed E-state index contributed by atoms with van der Waals surface area (Å²) in [5.41, 5.74) is 1.06. The number of halogens is 3. The average Bonchev–Trinajstić information content (AvgIpc) is 3.07. The third-order valence-electron chi connectivity index (χ3n) is 5.34. The molecule has 1 unspecified atom stereocenters. The average molecular weight is 415 g/mol. The fourth-order valence-electron chi connectivity index (χ4n) is 3.90. The number of benzene rings is 1. The summed E-state index contributed by atoms with van der Waals surface area (Å²) in [5, 5.41) is 14.7. The molecule has 3 rings (SSSR count). The topological polar surface area (TPSA) is 47.3 Å². The summed E-state index contributed by atoms with van der Waals surface area (Å²) in [5.74, 6) is -0.133. The Morgan fingerprint density at radius 1 is 1.21 bits per heavy atom. The van der Waals surface area contributed by atoms with E-state index >= 15 is 0 Å². The predicted molar refractivity (Wildman–Crippen MR) is 107 cm³/mol. The summed E-state index contributed by atoms with van der Waals surface area (Å²) < 4.78 is 34.9. The first-order chi connectivity index (χ1) is 13.1. The second kappa shape index (κ2) is 10.8. The molecule has 7 heteroatoms. The Morgan fingerprint density at radius 3 is 2.64 bits per heavy atom. The molecule has 156 valence electrons. The highest BCUT2D eigenvalue weighted by molar-refractivity contribution is 5.85. The van der Waals surface area contributed by atoms with Crippen molar-refractivity contribution >= 4 is 12.4 Å². The van der Waals surface area contributed by atoms with Gasteiger partial charge in [0.2, 0.25) is 5.88 Å². The number of aromatic nitrogens is 2. The number of ether oxygens (including phenoxy) is 1. The van der Waals surface area contributed by atoms with E-state index in [0.29, 0.717) is 11.8 Å². The van der Waals surface area contributed by atoms with E-state index in [1.54, 1.807) is 4.68 Å². The molecule has 1 aliphatic rings. The second-order valence-electron chi connectivity index (χ2n) is 7.34. The van der Waals surface area contributed by atoms with Gasteiger partial charge in [0.1, 0.15) is 18.2 Å². The maximum atomic E-state index is 13.9. The van der Waals surface area contributed by atoms with E-state index in [2.05, 4.69) is 12.0 Å². The number of hydrogen-bond acceptors (Lipinski definition) is 3. The number of hydrogen-bond donors (Lipinski definition) is 1. The number of aliphatic hydroxyl groups excluding tert-OH is 1. The molecule has 1 fully saturated rings. The monoisotopic (exact) mass is 414 g/mol. The highest BCUT2D eigenvalue weighted by atomic mass is 35.5. The van der Waals surface area contributed by atoms with Crippen LogP contribution in [0.2, 0.25) is 0 Å². The van der Waals surface area contributed by atoms with Gasteiger partial charge < -0.3 is 9.84 Å². The summed E-state index contributed by atoms with van der Waals surface area (Å²) >= 11 is 0. The molecule has 0 radical (unpaired) electrons. The lowest BCUT2D eigenvalue weighted by atomic mass is 9.84. The molecule has 4 nitrogen and oxygen atoms in total. The minimum atomic E-state index is -0.498. The van der Waals surface area contributed by atoms with Crippen LogP contribution in [0.1, 0.15) is 62.7 Å². The fraction of sp³-hybridized carbons (Fsp3) is 0.571. The van der Waals surface area contributed by atoms with Gasteiger partial charge in [-0.05, 0) is 43.4 Å². The molecule has 28 heavy (non-hydrogen) atoms. The highest BCUT2D eigenvalue weighted by Crippen LogP contribution is 2.35. The molecule has 1 aromatic carbocycles. The molecule has 1 saturated carbocycles. The minimum Gasteiger partial charge on any atom is -0.473 e. The van der Waals surface area contributed by atoms with Gasteiger partial charge in [0.05, 0.1) is 18.3 Å². The number of rotatable bonds is 8. The Morgan fingerprint density at radius 2 is 1.96 bits per heavy atom. The van der Waals surface area contributed by atoms with Gasteiger partial charge >= 0.3 is 0 Å². The smallest absolute Gasteiger partial charge is 0.212 e. The summed E-state index contributed by atoms with van der Waals surface area (Å²) in [6, 6.07) is 5.04. The Kier molecular flexibility index (Phi) is 8.70. The van der Waals surface area contributed by atoms with Gasteiger partial charge in [-0.2, -0.15) is 5.10 Å². The van der Waals surface area contributed by atoms with Gasteiger partial charge in [-0.3, -0.25) is 0 Å². The van der Waals surface area contributed by atoms with Crippen molar-refractivity contribution in [2.75, 3.05) is 6.61 Å². The molecule has 0 aliphatic heterocycles. The van der Waals surface area contributed by atoms with Crippen molar-refractivity contribution in [1.29, 1.82) is 0 Å². The van der Waals surface area contributed by atoms with Crippen molar-refractivity contribution in [3.05, 3.63) is 47.2 Å². The molecule has 1 aliphatic carbocycles. The molecular formula is C21H29ClF2N2O2. The lowest BCUT2D eigenvalue weighted by Gasteiger charge is -2.30. The number of aryl methyl sites for hydroxylation is 1. The predicted octanol–water partition coefficient (Wildman–Crippen LogP) is 5.23. The summed E-state index contributed by atoms with van der Waals surface area (Å²) in [6.45, 7) is 1.98. The van der Waals surface area contributed by atoms with Gasteiger partial charge in [-0.25, -0.2) is 13.5 Å². The summed E-state index contributed by atoms with van der Waals surface area (Å²) in [7, 11) is 0. The van der Waals surface area contributed by atoms with Crippen LogP contribution in [0.3, 0.4) is 0 Å². The molecule has 0 saturated heterocycles. The molecule has 0 amide bonds. The first-order valence-corrected chi connectivity index (χ1v) is 9.88. The van der Waals surface area contributed by atoms with Crippen LogP contribution in [0.15, 0.2) is 24.3 Å². The van der Waals surface area contributed by atoms with Crippen molar-refractivity contribution in [1.82, 2.24) is 9.78 Å². The molecule has 1 N–H and O–H groups in total. The fourth-order valence-corrected chi connectivity index (χ4v) is 3.90. The van der Waals surface area contributed by atoms with E-state index < -0.39 is 11.6 Å². The van der Waals surface area contributed by atoms with Crippen LogP contribution in [-0.2, 0) is 13.0 Å². The Labute approximate surface area is 171 Å². The van der Waals surface area contributed by atoms with Crippen molar-refractivity contribution in [2.45, 2.75) is 64.5 Å². The standard InChI is InChI=1S/C21H28F2N2O2.ClH/c1-2-6-18-12-21(27-14-16-11-17(22)9-10-19(16)23)25(24-18)20(13-26)15-7-4-3-5-8-15;/h9-12,15,20,26H,2-8,13-14H2,1H3;1H. The largest absolute Gasteiger partial charge is 0.473 e. The zero-order valence-electron chi connectivity index (χ0n) is 16.2. The molecule has 2 aromatic rings. The van der Waals surface area contributed by atoms with Crippen molar-refractivity contribution in [2.24, 2.45) is 5.92 Å². The third kappa shape index (κ3) is 5.45. The maximum absolute atomic E-state index is 13.9. The Bertz CT molecular complexity index is 748. The first kappa shape index (κ1) is 22.6. The summed E-state index contributed by atoms with van der Waals surface area (Å²) in [6.07, 6.45) is 7.43. The number of aliphatic hydroxyl groups is 1. The molecule has 0 spiro atoms. The highest BCUT2D eigenvalue weighted by Gasteiger charge is 2.28. The minimum absolute atomic E-state index is 0. The van der Waals surface area contributed by atoms with E-state index in [1.807, 2.05) is 6.07 Å². The maximum Gasteiger partial charge on any atom is 0.212 e. The van der Waals surface area contributed by atoms with E-state index in [0.717, 1.165) is 62.4 Å². The van der Waals surface area contributed by atoms with Gasteiger partial charge in [0.15, 0.2) is 0 Å². The van der Waals surface area contributed by atoms with Crippen LogP contribution in [0, 0.1) is 17.6 Å². The van der Waals surface area contributed by atoms with Crippen molar-refractivity contribution in [3.8, 4) is 5.88 Å². The van der Waals surface area contributed by atoms with Crippen LogP contribution in [-0.4, -0.2) is 21.5 Å². The molecule has 0 bridgehead atoms. The van der Waals surface area contributed by atoms with Crippen molar-refractivity contribution in [3.63, 3.8) is 0 Å². The number of nitrogens with zero attached hydrogens (tertiary/aromatic N) is 2. The van der Waals surface area contributed by atoms with E-state index in [1.165, 1.54) is 6.42 Å². The van der Waals surface area contributed by atoms with Crippen LogP contribution < -0.4 is 4.74 Å². The lowest BCUT2D eigenvalue weighted by molar-refractivity contribution is 0.128. The molecular weight excluding hydrogens is 386 g/mol. The van der Waals surface area contributed by atoms with Gasteiger partial charge in [-0.15, -0.1) is 12.4 Å². The second-order valence-corrected chi connectivity index (χ2v) is 7.34. The van der Waals surface area contributed by atoms with Crippen LogP contribution in [0.5, 0.6) is 5.88 Å². The zero-order valence-corrected chi connectivity index (χ0v) is 17.1. The van der Waals surface area contributed by atoms with Gasteiger partial charge in [-0.1, -0.05) is 32.6 Å².